The third-order valence-corrected chi connectivity index (χ3v) is 7.71. The Hall–Kier alpha value is -4.19. The van der Waals surface area contributed by atoms with Crippen LogP contribution in [0.25, 0.3) is 27.5 Å². The van der Waals surface area contributed by atoms with Crippen LogP contribution in [0.3, 0.4) is 0 Å². The molecule has 38 heavy (non-hydrogen) atoms. The lowest BCUT2D eigenvalue weighted by atomic mass is 9.83. The zero-order valence-electron chi connectivity index (χ0n) is 20.4. The number of rotatable bonds is 4. The van der Waals surface area contributed by atoms with Gasteiger partial charge in [0.1, 0.15) is 0 Å². The minimum absolute atomic E-state index is 0.00640. The van der Waals surface area contributed by atoms with Gasteiger partial charge in [0.2, 0.25) is 0 Å². The molecule has 0 saturated heterocycles. The number of carbonyl (C=O) groups excluding carboxylic acids is 1. The molecule has 2 unspecified atom stereocenters. The Morgan fingerprint density at radius 2 is 1.29 bits per heavy atom. The molecule has 6 heteroatoms. The van der Waals surface area contributed by atoms with E-state index in [1.165, 1.54) is 12.1 Å². The summed E-state index contributed by atoms with van der Waals surface area (Å²) in [6.45, 7) is 0. The van der Waals surface area contributed by atoms with E-state index in [0.717, 1.165) is 47.1 Å². The number of carbonyl (C=O) groups is 1. The number of para-hydroxylation sites is 2. The molecule has 0 radical (unpaired) electrons. The van der Waals surface area contributed by atoms with Gasteiger partial charge in [0.05, 0.1) is 11.0 Å². The lowest BCUT2D eigenvalue weighted by molar-refractivity contribution is -0.0885. The van der Waals surface area contributed by atoms with Crippen LogP contribution in [-0.2, 0) is 0 Å². The average molecular weight is 512 g/mol. The maximum absolute atomic E-state index is 13.2. The van der Waals surface area contributed by atoms with Crippen LogP contribution in [0.15, 0.2) is 102 Å². The summed E-state index contributed by atoms with van der Waals surface area (Å²) < 4.78 is 40.7. The number of hydrogen-bond donors (Lipinski definition) is 0. The Labute approximate surface area is 217 Å². The largest absolute Gasteiger partial charge is 0.454 e. The molecule has 190 valence electrons. The summed E-state index contributed by atoms with van der Waals surface area (Å²) in [6, 6.07) is 29.4. The molecule has 1 fully saturated rings. The lowest BCUT2D eigenvalue weighted by Crippen LogP contribution is -2.22. The van der Waals surface area contributed by atoms with Crippen molar-refractivity contribution in [3.63, 3.8) is 0 Å². The number of benzene rings is 4. The third kappa shape index (κ3) is 4.10. The number of Topliss-reactive ketones (excluding diaryl/α,β-unsaturated/α-hetero) is 1. The molecule has 4 aromatic carbocycles. The molecule has 1 saturated carbocycles. The van der Waals surface area contributed by atoms with Crippen molar-refractivity contribution in [3.05, 3.63) is 124 Å². The average Bonchev–Trinajstić information content (AvgIpc) is 3.43. The van der Waals surface area contributed by atoms with Crippen LogP contribution in [0.5, 0.6) is 0 Å². The van der Waals surface area contributed by atoms with Gasteiger partial charge in [0.15, 0.2) is 5.43 Å². The van der Waals surface area contributed by atoms with Crippen LogP contribution in [0, 0.1) is 0 Å². The molecule has 0 spiro atoms. The lowest BCUT2D eigenvalue weighted by Gasteiger charge is -2.22. The van der Waals surface area contributed by atoms with Crippen molar-refractivity contribution in [1.82, 2.24) is 4.57 Å². The number of fused-ring (bicyclic) bond motifs is 2. The second kappa shape index (κ2) is 9.28. The summed E-state index contributed by atoms with van der Waals surface area (Å²) in [5.41, 5.74) is 4.37. The molecule has 1 aromatic heterocycles. The highest BCUT2D eigenvalue weighted by molar-refractivity contribution is 6.00. The van der Waals surface area contributed by atoms with Crippen LogP contribution in [0.1, 0.15) is 52.6 Å². The molecule has 1 heterocycles. The fraction of sp³-hybridized carbons (Fsp3) is 0.188. The summed E-state index contributed by atoms with van der Waals surface area (Å²) in [7, 11) is 0. The van der Waals surface area contributed by atoms with Gasteiger partial charge in [-0.05, 0) is 72.2 Å². The van der Waals surface area contributed by atoms with E-state index in [4.69, 9.17) is 0 Å². The van der Waals surface area contributed by atoms with E-state index in [0.29, 0.717) is 10.8 Å². The van der Waals surface area contributed by atoms with Crippen molar-refractivity contribution >= 4 is 27.6 Å². The van der Waals surface area contributed by atoms with Gasteiger partial charge >= 0.3 is 6.18 Å². The molecule has 0 N–H and O–H groups in total. The maximum Gasteiger partial charge on any atom is 0.454 e. The van der Waals surface area contributed by atoms with Crippen molar-refractivity contribution in [2.45, 2.75) is 37.3 Å². The van der Waals surface area contributed by atoms with Gasteiger partial charge < -0.3 is 4.57 Å². The van der Waals surface area contributed by atoms with E-state index in [9.17, 15) is 22.8 Å². The van der Waals surface area contributed by atoms with Crippen LogP contribution in [-0.4, -0.2) is 16.5 Å². The van der Waals surface area contributed by atoms with Crippen LogP contribution < -0.4 is 5.43 Å². The molecule has 1 aliphatic rings. The minimum Gasteiger partial charge on any atom is -0.309 e. The smallest absolute Gasteiger partial charge is 0.309 e. The highest BCUT2D eigenvalue weighted by Gasteiger charge is 2.39. The Bertz CT molecular complexity index is 1670. The Balaban J connectivity index is 1.41. The summed E-state index contributed by atoms with van der Waals surface area (Å²) >= 11 is 0. The molecule has 3 nitrogen and oxygen atoms in total. The third-order valence-electron chi connectivity index (χ3n) is 7.71. The SMILES string of the molecule is O=C(c1ccc(C2CCCC2c2cccc(-n3c4ccccc4c(=O)c4ccccc43)c2)cc1)C(F)(F)F. The summed E-state index contributed by atoms with van der Waals surface area (Å²) in [4.78, 5) is 24.8. The second-order valence-electron chi connectivity index (χ2n) is 9.89. The van der Waals surface area contributed by atoms with E-state index < -0.39 is 12.0 Å². The highest BCUT2D eigenvalue weighted by Crippen LogP contribution is 2.46. The van der Waals surface area contributed by atoms with Crippen LogP contribution in [0.4, 0.5) is 13.2 Å². The van der Waals surface area contributed by atoms with Crippen molar-refractivity contribution in [3.8, 4) is 5.69 Å². The maximum atomic E-state index is 13.2. The first kappa shape index (κ1) is 24.2. The fourth-order valence-electron chi connectivity index (χ4n) is 5.97. The van der Waals surface area contributed by atoms with E-state index in [1.807, 2.05) is 60.7 Å². The quantitative estimate of drug-likeness (QED) is 0.181. The van der Waals surface area contributed by atoms with E-state index in [2.05, 4.69) is 16.7 Å². The van der Waals surface area contributed by atoms with Crippen molar-refractivity contribution in [2.75, 3.05) is 0 Å². The Morgan fingerprint density at radius 3 is 1.89 bits per heavy atom. The molecule has 0 amide bonds. The van der Waals surface area contributed by atoms with E-state index in [-0.39, 0.29) is 22.8 Å². The van der Waals surface area contributed by atoms with Gasteiger partial charge in [0, 0.05) is 22.0 Å². The van der Waals surface area contributed by atoms with E-state index in [1.54, 1.807) is 12.1 Å². The first-order valence-corrected chi connectivity index (χ1v) is 12.7. The number of aromatic nitrogens is 1. The zero-order valence-corrected chi connectivity index (χ0v) is 20.4. The summed E-state index contributed by atoms with van der Waals surface area (Å²) in [6.07, 6.45) is -1.99. The van der Waals surface area contributed by atoms with Gasteiger partial charge in [-0.3, -0.25) is 9.59 Å². The number of ketones is 1. The summed E-state index contributed by atoms with van der Waals surface area (Å²) in [5, 5.41) is 1.31. The molecule has 6 rings (SSSR count). The number of alkyl halides is 3. The van der Waals surface area contributed by atoms with Crippen molar-refractivity contribution in [2.24, 2.45) is 0 Å². The molecule has 5 aromatic rings. The first-order chi connectivity index (χ1) is 18.3. The van der Waals surface area contributed by atoms with Crippen molar-refractivity contribution in [1.29, 1.82) is 0 Å². The predicted octanol–water partition coefficient (Wildman–Crippen LogP) is 7.94. The number of halogens is 3. The number of pyridine rings is 1. The van der Waals surface area contributed by atoms with Gasteiger partial charge in [-0.25, -0.2) is 0 Å². The zero-order chi connectivity index (χ0) is 26.4. The molecule has 0 bridgehead atoms. The second-order valence-corrected chi connectivity index (χ2v) is 9.89. The molecular weight excluding hydrogens is 487 g/mol. The van der Waals surface area contributed by atoms with Crippen LogP contribution >= 0.6 is 0 Å². The molecule has 0 aliphatic heterocycles. The Kier molecular flexibility index (Phi) is 5.90. The normalized spacial score (nSPS) is 17.8. The van der Waals surface area contributed by atoms with Gasteiger partial charge in [-0.15, -0.1) is 0 Å². The monoisotopic (exact) mass is 511 g/mol. The van der Waals surface area contributed by atoms with Crippen molar-refractivity contribution < 1.29 is 18.0 Å². The predicted molar refractivity (Wildman–Crippen MR) is 143 cm³/mol. The van der Waals surface area contributed by atoms with Crippen LogP contribution in [0.2, 0.25) is 0 Å². The summed E-state index contributed by atoms with van der Waals surface area (Å²) in [5.74, 6) is -1.49. The fourth-order valence-corrected chi connectivity index (χ4v) is 5.97. The topological polar surface area (TPSA) is 39.1 Å². The van der Waals surface area contributed by atoms with Gasteiger partial charge in [0.25, 0.3) is 5.78 Å². The molecule has 2 atom stereocenters. The van der Waals surface area contributed by atoms with Gasteiger partial charge in [-0.1, -0.05) is 67.1 Å². The first-order valence-electron chi connectivity index (χ1n) is 12.7. The highest BCUT2D eigenvalue weighted by atomic mass is 19.4. The standard InChI is InChI=1S/C32H24F3NO2/c33-32(34,35)31(38)21-17-15-20(16-18-21)24-11-6-12-25(24)22-7-5-8-23(19-22)36-28-13-3-1-9-26(28)30(37)27-10-2-4-14-29(27)36/h1-5,7-10,13-19,24-25H,6,11-12H2. The minimum atomic E-state index is -4.88. The Morgan fingerprint density at radius 1 is 0.711 bits per heavy atom. The molecule has 1 aliphatic carbocycles. The number of hydrogen-bond acceptors (Lipinski definition) is 2. The molecular formula is C32H24F3NO2. The number of nitrogens with zero attached hydrogens (tertiary/aromatic N) is 1. The van der Waals surface area contributed by atoms with Gasteiger partial charge in [-0.2, -0.15) is 13.2 Å². The van der Waals surface area contributed by atoms with E-state index >= 15 is 0 Å².